The molecule has 1 N–H and O–H groups in total. The molecular formula is C44H37NOS. The molecule has 3 heteroatoms. The summed E-state index contributed by atoms with van der Waals surface area (Å²) in [5.74, 6) is 4.13. The highest BCUT2D eigenvalue weighted by molar-refractivity contribution is 7.19. The van der Waals surface area contributed by atoms with Gasteiger partial charge in [-0.3, -0.25) is 0 Å². The van der Waals surface area contributed by atoms with Crippen LogP contribution in [0.5, 0.6) is 5.75 Å². The highest BCUT2D eigenvalue weighted by Crippen LogP contribution is 2.59. The highest BCUT2D eigenvalue weighted by atomic mass is 32.1. The number of rotatable bonds is 3. The van der Waals surface area contributed by atoms with Gasteiger partial charge in [0.15, 0.2) is 6.23 Å². The lowest BCUT2D eigenvalue weighted by Gasteiger charge is -2.37. The van der Waals surface area contributed by atoms with Crippen molar-refractivity contribution in [2.75, 3.05) is 0 Å². The van der Waals surface area contributed by atoms with E-state index in [2.05, 4.69) is 115 Å². The molecule has 2 nitrogen and oxygen atoms in total. The topological polar surface area (TPSA) is 21.3 Å². The van der Waals surface area contributed by atoms with E-state index in [1.165, 1.54) is 93.2 Å². The number of fused-ring (bicyclic) bond motifs is 11. The molecule has 0 radical (unpaired) electrons. The van der Waals surface area contributed by atoms with Crippen molar-refractivity contribution < 1.29 is 4.74 Å². The van der Waals surface area contributed by atoms with Crippen LogP contribution < -0.4 is 10.1 Å². The molecule has 6 unspecified atom stereocenters. The molecule has 1 aromatic heterocycles. The molecule has 1 saturated carbocycles. The van der Waals surface area contributed by atoms with E-state index in [0.29, 0.717) is 17.8 Å². The van der Waals surface area contributed by atoms with Crippen molar-refractivity contribution >= 4 is 38.1 Å². The maximum absolute atomic E-state index is 6.47. The molecule has 1 fully saturated rings. The van der Waals surface area contributed by atoms with Crippen LogP contribution in [-0.4, -0.2) is 6.23 Å². The first-order chi connectivity index (χ1) is 23.3. The first-order valence-electron chi connectivity index (χ1n) is 17.7. The Labute approximate surface area is 280 Å². The summed E-state index contributed by atoms with van der Waals surface area (Å²) in [7, 11) is 0. The first-order valence-corrected chi connectivity index (χ1v) is 18.5. The average molecular weight is 628 g/mol. The van der Waals surface area contributed by atoms with E-state index in [9.17, 15) is 0 Å². The predicted molar refractivity (Wildman–Crippen MR) is 194 cm³/mol. The fourth-order valence-corrected chi connectivity index (χ4v) is 11.1. The van der Waals surface area contributed by atoms with Crippen LogP contribution in [0.1, 0.15) is 70.7 Å². The molecule has 3 aromatic carbocycles. The molecule has 2 aliphatic heterocycles. The van der Waals surface area contributed by atoms with E-state index in [0.717, 1.165) is 17.6 Å². The van der Waals surface area contributed by atoms with Crippen LogP contribution in [0.4, 0.5) is 0 Å². The number of ether oxygens (including phenoxy) is 1. The van der Waals surface area contributed by atoms with Crippen molar-refractivity contribution in [3.8, 4) is 5.75 Å². The maximum Gasteiger partial charge on any atom is 0.196 e. The van der Waals surface area contributed by atoms with Gasteiger partial charge < -0.3 is 10.1 Å². The first kappa shape index (κ1) is 26.7. The van der Waals surface area contributed by atoms with E-state index < -0.39 is 0 Å². The molecule has 0 amide bonds. The molecule has 4 aromatic rings. The Kier molecular flexibility index (Phi) is 5.73. The summed E-state index contributed by atoms with van der Waals surface area (Å²) < 4.78 is 7.90. The second-order valence-electron chi connectivity index (χ2n) is 14.6. The van der Waals surface area contributed by atoms with Crippen LogP contribution in [0, 0.1) is 23.7 Å². The van der Waals surface area contributed by atoms with Crippen molar-refractivity contribution in [3.05, 3.63) is 153 Å². The molecule has 11 rings (SSSR count). The number of thiophene rings is 1. The van der Waals surface area contributed by atoms with Gasteiger partial charge in [-0.05, 0) is 125 Å². The highest BCUT2D eigenvalue weighted by Gasteiger charge is 2.48. The van der Waals surface area contributed by atoms with Crippen molar-refractivity contribution in [1.82, 2.24) is 5.32 Å². The fraction of sp³-hybridized carbons (Fsp3) is 0.273. The van der Waals surface area contributed by atoms with E-state index in [-0.39, 0.29) is 6.23 Å². The smallest absolute Gasteiger partial charge is 0.196 e. The minimum atomic E-state index is -0.141. The largest absolute Gasteiger partial charge is 0.466 e. The molecule has 0 saturated heterocycles. The van der Waals surface area contributed by atoms with Crippen LogP contribution in [-0.2, 0) is 6.42 Å². The Hall–Kier alpha value is -4.34. The number of hydrogen-bond donors (Lipinski definition) is 1. The average Bonchev–Trinajstić information content (AvgIpc) is 3.70. The minimum absolute atomic E-state index is 0.141. The van der Waals surface area contributed by atoms with Crippen LogP contribution >= 0.6 is 11.3 Å². The zero-order valence-electron chi connectivity index (χ0n) is 26.4. The van der Waals surface area contributed by atoms with Gasteiger partial charge in [0, 0.05) is 38.7 Å². The van der Waals surface area contributed by atoms with Gasteiger partial charge >= 0.3 is 0 Å². The van der Waals surface area contributed by atoms with Gasteiger partial charge in [-0.2, -0.15) is 0 Å². The SMILES string of the molecule is C1=CC2=CC(c3ccc4c(c3)C3=CC(c5cccc(C6CCCc7c6sc6ccccc76)c5)=CNC3O4)=C3C(C=CC4CC34)C2CC1. The van der Waals surface area contributed by atoms with Crippen molar-refractivity contribution in [2.45, 2.75) is 50.7 Å². The summed E-state index contributed by atoms with van der Waals surface area (Å²) in [6, 6.07) is 25.2. The molecule has 6 atom stereocenters. The van der Waals surface area contributed by atoms with Gasteiger partial charge in [0.05, 0.1) is 0 Å². The van der Waals surface area contributed by atoms with Gasteiger partial charge in [0.25, 0.3) is 0 Å². The molecule has 0 bridgehead atoms. The number of nitrogens with one attached hydrogen (secondary N) is 1. The quantitative estimate of drug-likeness (QED) is 0.228. The Bertz CT molecular complexity index is 2200. The lowest BCUT2D eigenvalue weighted by Crippen LogP contribution is -2.30. The van der Waals surface area contributed by atoms with E-state index in [4.69, 9.17) is 4.74 Å². The van der Waals surface area contributed by atoms with E-state index in [1.54, 1.807) is 16.0 Å². The number of allylic oxidation sites excluding steroid dienone is 10. The summed E-state index contributed by atoms with van der Waals surface area (Å²) in [6.45, 7) is 0. The summed E-state index contributed by atoms with van der Waals surface area (Å²) in [5, 5.41) is 5.08. The maximum atomic E-state index is 6.47. The molecule has 3 heterocycles. The van der Waals surface area contributed by atoms with Gasteiger partial charge in [0.2, 0.25) is 0 Å². The summed E-state index contributed by atoms with van der Waals surface area (Å²) in [5.41, 5.74) is 14.0. The molecule has 230 valence electrons. The standard InChI is InChI=1S/C44H37NOS/c1-2-10-31-27(7-1)20-36(42-34(31)17-15-28-21-37(28)42)29-16-18-40-38(22-29)39-23-30(24-45-44(39)46-40)25-8-5-9-26(19-25)32-12-6-13-35-33-11-3-4-14-41(33)47-43(32)35/h1,3-5,7-9,11,14-20,22-24,28,31-32,34,37,44-45H,2,6,10,12-13,21H2. The Morgan fingerprint density at radius 1 is 0.872 bits per heavy atom. The second-order valence-corrected chi connectivity index (χ2v) is 15.7. The van der Waals surface area contributed by atoms with Crippen molar-refractivity contribution in [3.63, 3.8) is 0 Å². The second kappa shape index (κ2) is 10.1. The Morgan fingerprint density at radius 2 is 1.85 bits per heavy atom. The van der Waals surface area contributed by atoms with E-state index >= 15 is 0 Å². The van der Waals surface area contributed by atoms with Crippen molar-refractivity contribution in [1.29, 1.82) is 0 Å². The zero-order valence-corrected chi connectivity index (χ0v) is 27.2. The number of benzene rings is 3. The van der Waals surface area contributed by atoms with Crippen molar-refractivity contribution in [2.24, 2.45) is 23.7 Å². The lowest BCUT2D eigenvalue weighted by atomic mass is 9.67. The molecule has 0 spiro atoms. The molecular weight excluding hydrogens is 591 g/mol. The summed E-state index contributed by atoms with van der Waals surface area (Å²) in [4.78, 5) is 1.57. The number of aryl methyl sites for hydroxylation is 1. The third kappa shape index (κ3) is 4.08. The fourth-order valence-electron chi connectivity index (χ4n) is 9.66. The monoisotopic (exact) mass is 627 g/mol. The third-order valence-electron chi connectivity index (χ3n) is 12.0. The van der Waals surface area contributed by atoms with Gasteiger partial charge in [-0.15, -0.1) is 11.3 Å². The van der Waals surface area contributed by atoms with Gasteiger partial charge in [-0.25, -0.2) is 0 Å². The summed E-state index contributed by atoms with van der Waals surface area (Å²) >= 11 is 2.01. The summed E-state index contributed by atoms with van der Waals surface area (Å²) in [6.07, 6.45) is 24.2. The van der Waals surface area contributed by atoms with Crippen LogP contribution in [0.2, 0.25) is 0 Å². The van der Waals surface area contributed by atoms with E-state index in [1.807, 2.05) is 11.3 Å². The Morgan fingerprint density at radius 3 is 2.85 bits per heavy atom. The normalized spacial score (nSPS) is 29.2. The Balaban J connectivity index is 0.957. The number of hydrogen-bond acceptors (Lipinski definition) is 3. The van der Waals surface area contributed by atoms with Gasteiger partial charge in [-0.1, -0.05) is 84.5 Å². The lowest BCUT2D eigenvalue weighted by molar-refractivity contribution is 0.254. The van der Waals surface area contributed by atoms with Crippen LogP contribution in [0.15, 0.2) is 121 Å². The number of dihydropyridines is 1. The zero-order chi connectivity index (χ0) is 30.6. The van der Waals surface area contributed by atoms with Crippen LogP contribution in [0.3, 0.4) is 0 Å². The minimum Gasteiger partial charge on any atom is -0.466 e. The molecule has 5 aliphatic carbocycles. The van der Waals surface area contributed by atoms with Gasteiger partial charge in [0.1, 0.15) is 5.75 Å². The third-order valence-corrected chi connectivity index (χ3v) is 13.3. The molecule has 47 heavy (non-hydrogen) atoms. The predicted octanol–water partition coefficient (Wildman–Crippen LogP) is 10.6. The van der Waals surface area contributed by atoms with Crippen LogP contribution in [0.25, 0.3) is 26.8 Å². The molecule has 7 aliphatic rings.